The number of hydrogen-bond donors (Lipinski definition) is 4. The van der Waals surface area contributed by atoms with Crippen molar-refractivity contribution >= 4 is 44.1 Å². The molecule has 2 aromatic rings. The molecule has 5 N–H and O–H groups in total. The molecular formula is C26H25ClN3O6P. The normalized spacial score (nSPS) is 27.2. The molecule has 1 aromatic carbocycles. The highest BCUT2D eigenvalue weighted by atomic mass is 35.5. The first kappa shape index (κ1) is 25.4. The Morgan fingerprint density at radius 2 is 1.84 bits per heavy atom. The number of Topliss-reactive ketones (excluding diaryl/α,β-unsaturated/α-hetero) is 2. The SMILES string of the molecule is CN(C)[C@@H]1C(=O)C(C(N)=O)=C(O)[C@@]2(P)C(=O)C3=C(O)c4c(O)c(-c5ccccc5)nc(Cl)c4C[C@H]3C[C@@H]12. The van der Waals surface area contributed by atoms with Gasteiger partial charge in [0.15, 0.2) is 17.3 Å². The molecule has 9 nitrogen and oxygen atoms in total. The van der Waals surface area contributed by atoms with Crippen LogP contribution in [0.1, 0.15) is 17.5 Å². The summed E-state index contributed by atoms with van der Waals surface area (Å²) < 4.78 is 0. The number of halogens is 1. The lowest BCUT2D eigenvalue weighted by Gasteiger charge is -2.51. The van der Waals surface area contributed by atoms with E-state index in [1.165, 1.54) is 0 Å². The van der Waals surface area contributed by atoms with E-state index in [0.717, 1.165) is 0 Å². The van der Waals surface area contributed by atoms with E-state index in [1.54, 1.807) is 49.3 Å². The quantitative estimate of drug-likeness (QED) is 0.263. The van der Waals surface area contributed by atoms with Gasteiger partial charge in [-0.3, -0.25) is 19.3 Å². The van der Waals surface area contributed by atoms with Crippen molar-refractivity contribution in [2.45, 2.75) is 24.0 Å². The summed E-state index contributed by atoms with van der Waals surface area (Å²) in [4.78, 5) is 45.4. The van der Waals surface area contributed by atoms with E-state index in [-0.39, 0.29) is 40.6 Å². The first-order valence-corrected chi connectivity index (χ1v) is 12.5. The fourth-order valence-electron chi connectivity index (χ4n) is 6.02. The maximum absolute atomic E-state index is 14.1. The number of carbonyl (C=O) groups is 3. The topological polar surface area (TPSA) is 154 Å². The number of likely N-dealkylation sites (N-methyl/N-ethyl adjacent to an activating group) is 1. The van der Waals surface area contributed by atoms with Crippen LogP contribution in [0.2, 0.25) is 5.15 Å². The van der Waals surface area contributed by atoms with Gasteiger partial charge in [0.05, 0.1) is 11.6 Å². The maximum atomic E-state index is 14.1. The van der Waals surface area contributed by atoms with Crippen molar-refractivity contribution in [1.82, 2.24) is 9.88 Å². The van der Waals surface area contributed by atoms with Gasteiger partial charge in [-0.2, -0.15) is 0 Å². The monoisotopic (exact) mass is 541 g/mol. The van der Waals surface area contributed by atoms with Gasteiger partial charge in [-0.25, -0.2) is 4.98 Å². The van der Waals surface area contributed by atoms with E-state index in [4.69, 9.17) is 17.3 Å². The molecule has 3 aliphatic rings. The van der Waals surface area contributed by atoms with Gasteiger partial charge in [0.1, 0.15) is 33.1 Å². The van der Waals surface area contributed by atoms with E-state index in [1.807, 2.05) is 0 Å². The van der Waals surface area contributed by atoms with Crippen LogP contribution in [0.3, 0.4) is 0 Å². The molecule has 0 spiro atoms. The van der Waals surface area contributed by atoms with Gasteiger partial charge in [-0.1, -0.05) is 41.9 Å². The highest BCUT2D eigenvalue weighted by Gasteiger charge is 2.62. The molecule has 11 heteroatoms. The van der Waals surface area contributed by atoms with E-state index < -0.39 is 57.6 Å². The van der Waals surface area contributed by atoms with Crippen LogP contribution >= 0.6 is 20.8 Å². The number of ketones is 2. The standard InChI is InChI=1S/C26H25ClN3O6P/c1-30(2)18-13-9-11-8-12-15(20(32)17(29-24(12)27)10-6-4-3-5-7-10)19(31)14(11)22(34)26(13,37)23(35)16(21(18)33)25(28)36/h3-7,11,13,18,31-32,35H,8-9,37H2,1-2H3,(H2,28,36)/t11-,13-,18-,26-/m0/s1. The van der Waals surface area contributed by atoms with Crippen molar-refractivity contribution in [1.29, 1.82) is 0 Å². The summed E-state index contributed by atoms with van der Waals surface area (Å²) in [6, 6.07) is 7.85. The Bertz CT molecular complexity index is 1450. The summed E-state index contributed by atoms with van der Waals surface area (Å²) in [6.07, 6.45) is 0.379. The molecule has 1 amide bonds. The van der Waals surface area contributed by atoms with Crippen LogP contribution in [0.4, 0.5) is 0 Å². The van der Waals surface area contributed by atoms with Crippen molar-refractivity contribution in [3.05, 3.63) is 63.5 Å². The molecule has 1 unspecified atom stereocenters. The van der Waals surface area contributed by atoms with Crippen LogP contribution in [-0.2, 0) is 20.8 Å². The first-order chi connectivity index (χ1) is 17.4. The molecule has 192 valence electrons. The van der Waals surface area contributed by atoms with E-state index in [2.05, 4.69) is 14.2 Å². The largest absolute Gasteiger partial charge is 0.510 e. The Hall–Kier alpha value is -3.26. The molecule has 1 saturated carbocycles. The Labute approximate surface area is 219 Å². The minimum Gasteiger partial charge on any atom is -0.510 e. The number of primary amides is 1. The second-order valence-corrected chi connectivity index (χ2v) is 11.2. The lowest BCUT2D eigenvalue weighted by atomic mass is 9.59. The summed E-state index contributed by atoms with van der Waals surface area (Å²) in [7, 11) is 5.59. The number of allylic oxidation sites excluding steroid dienone is 2. The number of amides is 1. The molecule has 3 aliphatic carbocycles. The van der Waals surface area contributed by atoms with Gasteiger partial charge in [-0.15, -0.1) is 9.24 Å². The van der Waals surface area contributed by atoms with Crippen LogP contribution in [0, 0.1) is 11.8 Å². The number of aliphatic hydroxyl groups is 2. The van der Waals surface area contributed by atoms with Crippen molar-refractivity contribution in [3.63, 3.8) is 0 Å². The lowest BCUT2D eigenvalue weighted by Crippen LogP contribution is -2.63. The zero-order valence-electron chi connectivity index (χ0n) is 20.0. The molecule has 0 radical (unpaired) electrons. The molecule has 37 heavy (non-hydrogen) atoms. The highest BCUT2D eigenvalue weighted by molar-refractivity contribution is 7.22. The fraction of sp³-hybridized carbons (Fsp3) is 0.308. The smallest absolute Gasteiger partial charge is 0.255 e. The number of fused-ring (bicyclic) bond motifs is 3. The number of aliphatic hydroxyl groups excluding tert-OH is 2. The van der Waals surface area contributed by atoms with Gasteiger partial charge < -0.3 is 21.1 Å². The molecule has 0 aliphatic heterocycles. The predicted molar refractivity (Wildman–Crippen MR) is 140 cm³/mol. The third-order valence-electron chi connectivity index (χ3n) is 7.69. The highest BCUT2D eigenvalue weighted by Crippen LogP contribution is 2.57. The number of pyridine rings is 1. The minimum absolute atomic E-state index is 0.000132. The fourth-order valence-corrected chi connectivity index (χ4v) is 6.90. The van der Waals surface area contributed by atoms with Gasteiger partial charge in [-0.05, 0) is 32.9 Å². The van der Waals surface area contributed by atoms with Crippen LogP contribution < -0.4 is 5.73 Å². The van der Waals surface area contributed by atoms with E-state index in [9.17, 15) is 29.7 Å². The number of rotatable bonds is 3. The van der Waals surface area contributed by atoms with Crippen LogP contribution in [0.15, 0.2) is 47.2 Å². The summed E-state index contributed by atoms with van der Waals surface area (Å²) in [6.45, 7) is 0. The average Bonchev–Trinajstić information content (AvgIpc) is 2.83. The number of carbonyl (C=O) groups excluding carboxylic acids is 3. The molecular weight excluding hydrogens is 517 g/mol. The third kappa shape index (κ3) is 3.45. The summed E-state index contributed by atoms with van der Waals surface area (Å²) in [5, 5.41) is 32.0. The van der Waals surface area contributed by atoms with E-state index in [0.29, 0.717) is 11.1 Å². The first-order valence-electron chi connectivity index (χ1n) is 11.6. The second kappa shape index (κ2) is 8.65. The van der Waals surface area contributed by atoms with E-state index >= 15 is 0 Å². The number of aromatic nitrogens is 1. The Morgan fingerprint density at radius 1 is 1.19 bits per heavy atom. The van der Waals surface area contributed by atoms with Crippen LogP contribution in [0.5, 0.6) is 5.75 Å². The molecule has 1 heterocycles. The number of benzene rings is 1. The zero-order chi connectivity index (χ0) is 27.0. The predicted octanol–water partition coefficient (Wildman–Crippen LogP) is 2.56. The van der Waals surface area contributed by atoms with Gasteiger partial charge in [0.2, 0.25) is 0 Å². The van der Waals surface area contributed by atoms with Crippen molar-refractivity contribution in [2.75, 3.05) is 14.1 Å². The van der Waals surface area contributed by atoms with Gasteiger partial charge in [0, 0.05) is 22.6 Å². The van der Waals surface area contributed by atoms with Crippen LogP contribution in [0.25, 0.3) is 17.0 Å². The lowest BCUT2D eigenvalue weighted by molar-refractivity contribution is -0.130. The number of nitrogens with zero attached hydrogens (tertiary/aromatic N) is 2. The number of hydrogen-bond acceptors (Lipinski definition) is 8. The van der Waals surface area contributed by atoms with Crippen LogP contribution in [-0.4, -0.2) is 68.0 Å². The molecule has 0 bridgehead atoms. The minimum atomic E-state index is -1.78. The molecule has 5 rings (SSSR count). The Kier molecular flexibility index (Phi) is 5.94. The second-order valence-electron chi connectivity index (χ2n) is 9.88. The third-order valence-corrected chi connectivity index (χ3v) is 8.97. The van der Waals surface area contributed by atoms with Crippen molar-refractivity contribution in [3.8, 4) is 17.0 Å². The zero-order valence-corrected chi connectivity index (χ0v) is 21.9. The van der Waals surface area contributed by atoms with Crippen molar-refractivity contribution < 1.29 is 29.7 Å². The van der Waals surface area contributed by atoms with Crippen molar-refractivity contribution in [2.24, 2.45) is 17.6 Å². The Morgan fingerprint density at radius 3 is 2.43 bits per heavy atom. The summed E-state index contributed by atoms with van der Waals surface area (Å²) in [5.41, 5.74) is 5.88. The number of aromatic hydroxyl groups is 1. The molecule has 1 fully saturated rings. The van der Waals surface area contributed by atoms with Gasteiger partial charge >= 0.3 is 0 Å². The maximum Gasteiger partial charge on any atom is 0.255 e. The average molecular weight is 542 g/mol. The molecule has 0 saturated heterocycles. The molecule has 5 atom stereocenters. The number of nitrogens with two attached hydrogens (primary N) is 1. The summed E-state index contributed by atoms with van der Waals surface area (Å²) in [5.74, 6) is -5.32. The summed E-state index contributed by atoms with van der Waals surface area (Å²) >= 11 is 6.54. The van der Waals surface area contributed by atoms with Gasteiger partial charge in [0.25, 0.3) is 5.91 Å². The Balaban J connectivity index is 1.75. The molecule has 1 aromatic heterocycles.